The fraction of sp³-hybridized carbons (Fsp3) is 0.471. The number of nitrogens with two attached hydrogens (primary N) is 1. The molecule has 4 nitrogen and oxygen atoms in total. The first-order valence-electron chi connectivity index (χ1n) is 7.69. The molecule has 0 atom stereocenters. The van der Waals surface area contributed by atoms with Crippen LogP contribution in [0, 0.1) is 0 Å². The lowest BCUT2D eigenvalue weighted by molar-refractivity contribution is 0.253. The fourth-order valence-corrected chi connectivity index (χ4v) is 3.19. The second-order valence-corrected chi connectivity index (χ2v) is 6.00. The van der Waals surface area contributed by atoms with Crippen molar-refractivity contribution in [1.82, 2.24) is 9.88 Å². The number of hydrogen-bond donors (Lipinski definition) is 1. The Morgan fingerprint density at radius 2 is 2.00 bits per heavy atom. The zero-order valence-corrected chi connectivity index (χ0v) is 12.9. The molecule has 4 heteroatoms. The van der Waals surface area contributed by atoms with Crippen molar-refractivity contribution in [3.05, 3.63) is 36.0 Å². The summed E-state index contributed by atoms with van der Waals surface area (Å²) >= 11 is 0. The number of benzene rings is 1. The first-order chi connectivity index (χ1) is 10.2. The maximum Gasteiger partial charge on any atom is 0.0726 e. The van der Waals surface area contributed by atoms with Crippen molar-refractivity contribution in [3.8, 4) is 0 Å². The summed E-state index contributed by atoms with van der Waals surface area (Å²) in [6.07, 6.45) is 2.42. The Morgan fingerprint density at radius 1 is 1.29 bits per heavy atom. The van der Waals surface area contributed by atoms with Crippen LogP contribution in [-0.4, -0.2) is 43.1 Å². The molecule has 1 aliphatic rings. The third kappa shape index (κ3) is 2.87. The molecule has 1 aromatic heterocycles. The van der Waals surface area contributed by atoms with E-state index in [0.717, 1.165) is 11.2 Å². The molecule has 0 bridgehead atoms. The number of likely N-dealkylation sites (tertiary alicyclic amines) is 1. The highest BCUT2D eigenvalue weighted by molar-refractivity contribution is 5.92. The van der Waals surface area contributed by atoms with E-state index in [1.54, 1.807) is 0 Å². The van der Waals surface area contributed by atoms with Crippen molar-refractivity contribution in [3.63, 3.8) is 0 Å². The van der Waals surface area contributed by atoms with Crippen LogP contribution in [0.1, 0.15) is 18.5 Å². The quantitative estimate of drug-likeness (QED) is 0.939. The Labute approximate surface area is 126 Å². The highest BCUT2D eigenvalue weighted by Gasteiger charge is 2.22. The second kappa shape index (κ2) is 6.00. The van der Waals surface area contributed by atoms with E-state index in [2.05, 4.69) is 53.1 Å². The normalized spacial score (nSPS) is 17.3. The van der Waals surface area contributed by atoms with E-state index in [4.69, 9.17) is 5.73 Å². The zero-order valence-electron chi connectivity index (χ0n) is 12.9. The maximum atomic E-state index is 5.82. The fourth-order valence-electron chi connectivity index (χ4n) is 3.19. The SMILES string of the molecule is CN1CCC(N(C)c2cc(CN)nc3ccccc23)CC1. The summed E-state index contributed by atoms with van der Waals surface area (Å²) in [5.74, 6) is 0. The average Bonchev–Trinajstić information content (AvgIpc) is 2.53. The lowest BCUT2D eigenvalue weighted by Gasteiger charge is -2.37. The molecule has 3 rings (SSSR count). The molecule has 2 N–H and O–H groups in total. The van der Waals surface area contributed by atoms with Crippen LogP contribution in [0.25, 0.3) is 10.9 Å². The van der Waals surface area contributed by atoms with Gasteiger partial charge in [-0.15, -0.1) is 0 Å². The van der Waals surface area contributed by atoms with Crippen molar-refractivity contribution in [2.75, 3.05) is 32.1 Å². The Balaban J connectivity index is 1.98. The first kappa shape index (κ1) is 14.3. The number of rotatable bonds is 3. The highest BCUT2D eigenvalue weighted by atomic mass is 15.2. The van der Waals surface area contributed by atoms with Crippen molar-refractivity contribution < 1.29 is 0 Å². The van der Waals surface area contributed by atoms with Gasteiger partial charge in [0.1, 0.15) is 0 Å². The molecule has 1 aliphatic heterocycles. The molecular weight excluding hydrogens is 260 g/mol. The molecule has 21 heavy (non-hydrogen) atoms. The Bertz CT molecular complexity index is 617. The molecule has 0 saturated carbocycles. The number of hydrogen-bond acceptors (Lipinski definition) is 4. The van der Waals surface area contributed by atoms with Crippen LogP contribution in [0.5, 0.6) is 0 Å². The van der Waals surface area contributed by atoms with Gasteiger partial charge in [0.25, 0.3) is 0 Å². The van der Waals surface area contributed by atoms with E-state index in [1.165, 1.54) is 37.0 Å². The van der Waals surface area contributed by atoms with Crippen LogP contribution < -0.4 is 10.6 Å². The van der Waals surface area contributed by atoms with Gasteiger partial charge in [0.05, 0.1) is 11.2 Å². The van der Waals surface area contributed by atoms with Gasteiger partial charge in [0, 0.05) is 30.7 Å². The first-order valence-corrected chi connectivity index (χ1v) is 7.69. The molecule has 0 spiro atoms. The van der Waals surface area contributed by atoms with Gasteiger partial charge in [-0.25, -0.2) is 0 Å². The zero-order chi connectivity index (χ0) is 14.8. The van der Waals surface area contributed by atoms with Gasteiger partial charge in [-0.1, -0.05) is 18.2 Å². The number of nitrogens with zero attached hydrogens (tertiary/aromatic N) is 3. The van der Waals surface area contributed by atoms with Gasteiger partial charge in [-0.2, -0.15) is 0 Å². The number of pyridine rings is 1. The van der Waals surface area contributed by atoms with E-state index >= 15 is 0 Å². The lowest BCUT2D eigenvalue weighted by atomic mass is 10.0. The largest absolute Gasteiger partial charge is 0.371 e. The third-order valence-corrected chi connectivity index (χ3v) is 4.57. The summed E-state index contributed by atoms with van der Waals surface area (Å²) in [4.78, 5) is 9.46. The summed E-state index contributed by atoms with van der Waals surface area (Å²) in [6.45, 7) is 2.82. The predicted molar refractivity (Wildman–Crippen MR) is 88.6 cm³/mol. The minimum atomic E-state index is 0.485. The summed E-state index contributed by atoms with van der Waals surface area (Å²) in [6, 6.07) is 11.1. The molecule has 0 aliphatic carbocycles. The van der Waals surface area contributed by atoms with E-state index in [1.807, 2.05) is 6.07 Å². The highest BCUT2D eigenvalue weighted by Crippen LogP contribution is 2.29. The molecule has 1 aromatic carbocycles. The Kier molecular flexibility index (Phi) is 4.08. The van der Waals surface area contributed by atoms with Gasteiger partial charge >= 0.3 is 0 Å². The minimum absolute atomic E-state index is 0.485. The van der Waals surface area contributed by atoms with Gasteiger partial charge in [0.2, 0.25) is 0 Å². The van der Waals surface area contributed by atoms with Gasteiger partial charge < -0.3 is 15.5 Å². The molecule has 2 heterocycles. The molecule has 0 unspecified atom stereocenters. The number of aromatic nitrogens is 1. The summed E-state index contributed by atoms with van der Waals surface area (Å²) in [5, 5.41) is 1.22. The lowest BCUT2D eigenvalue weighted by Crippen LogP contribution is -2.42. The molecule has 1 saturated heterocycles. The van der Waals surface area contributed by atoms with Crippen LogP contribution in [0.15, 0.2) is 30.3 Å². The molecule has 0 radical (unpaired) electrons. The van der Waals surface area contributed by atoms with Crippen LogP contribution in [0.3, 0.4) is 0 Å². The second-order valence-electron chi connectivity index (χ2n) is 6.00. The van der Waals surface area contributed by atoms with Crippen LogP contribution in [0.2, 0.25) is 0 Å². The number of piperidine rings is 1. The van der Waals surface area contributed by atoms with E-state index < -0.39 is 0 Å². The van der Waals surface area contributed by atoms with Gasteiger partial charge in [-0.05, 0) is 45.1 Å². The average molecular weight is 284 g/mol. The maximum absolute atomic E-state index is 5.82. The number of anilines is 1. The van der Waals surface area contributed by atoms with Crippen molar-refractivity contribution >= 4 is 16.6 Å². The van der Waals surface area contributed by atoms with Crippen molar-refractivity contribution in [2.24, 2.45) is 5.73 Å². The summed E-state index contributed by atoms with van der Waals surface area (Å²) in [5.41, 5.74) is 9.08. The molecule has 2 aromatic rings. The van der Waals surface area contributed by atoms with Crippen molar-refractivity contribution in [1.29, 1.82) is 0 Å². The number of para-hydroxylation sites is 1. The Morgan fingerprint density at radius 3 is 2.71 bits per heavy atom. The van der Waals surface area contributed by atoms with Gasteiger partial charge in [0.15, 0.2) is 0 Å². The van der Waals surface area contributed by atoms with E-state index in [9.17, 15) is 0 Å². The standard InChI is InChI=1S/C17H24N4/c1-20-9-7-14(8-10-20)21(2)17-11-13(12-18)19-16-6-4-3-5-15(16)17/h3-6,11,14H,7-10,12,18H2,1-2H3. The van der Waals surface area contributed by atoms with Crippen LogP contribution in [0.4, 0.5) is 5.69 Å². The monoisotopic (exact) mass is 284 g/mol. The molecular formula is C17H24N4. The molecule has 112 valence electrons. The topological polar surface area (TPSA) is 45.4 Å². The number of fused-ring (bicyclic) bond motifs is 1. The molecule has 1 fully saturated rings. The van der Waals surface area contributed by atoms with Crippen molar-refractivity contribution in [2.45, 2.75) is 25.4 Å². The summed E-state index contributed by atoms with van der Waals surface area (Å²) in [7, 11) is 4.41. The molecule has 0 amide bonds. The van der Waals surface area contributed by atoms with E-state index in [0.29, 0.717) is 12.6 Å². The minimum Gasteiger partial charge on any atom is -0.371 e. The Hall–Kier alpha value is -1.65. The third-order valence-electron chi connectivity index (χ3n) is 4.57. The van der Waals surface area contributed by atoms with Gasteiger partial charge in [-0.3, -0.25) is 4.98 Å². The smallest absolute Gasteiger partial charge is 0.0726 e. The summed E-state index contributed by atoms with van der Waals surface area (Å²) < 4.78 is 0. The van der Waals surface area contributed by atoms with E-state index in [-0.39, 0.29) is 0 Å². The van der Waals surface area contributed by atoms with Crippen LogP contribution >= 0.6 is 0 Å². The van der Waals surface area contributed by atoms with Crippen LogP contribution in [-0.2, 0) is 6.54 Å². The predicted octanol–water partition coefficient (Wildman–Crippen LogP) is 2.22.